The van der Waals surface area contributed by atoms with E-state index in [4.69, 9.17) is 0 Å². The van der Waals surface area contributed by atoms with Crippen LogP contribution in [0.5, 0.6) is 0 Å². The lowest BCUT2D eigenvalue weighted by atomic mass is 10.0. The first-order valence-corrected chi connectivity index (χ1v) is 11.4. The normalized spacial score (nSPS) is 13.1. The number of anilines is 1. The average Bonchev–Trinajstić information content (AvgIpc) is 3.02. The van der Waals surface area contributed by atoms with Gasteiger partial charge in [-0.1, -0.05) is 36.4 Å². The van der Waals surface area contributed by atoms with Gasteiger partial charge in [0.1, 0.15) is 0 Å². The van der Waals surface area contributed by atoms with E-state index < -0.39 is 33.7 Å². The van der Waals surface area contributed by atoms with Crippen LogP contribution >= 0.6 is 0 Å². The van der Waals surface area contributed by atoms with Crippen molar-refractivity contribution in [3.8, 4) is 11.1 Å². The summed E-state index contributed by atoms with van der Waals surface area (Å²) in [5.41, 5.74) is 0.683. The number of carboxylic acid groups (broad SMARTS) is 1. The molecule has 166 valence electrons. The molecule has 1 aliphatic rings. The van der Waals surface area contributed by atoms with Crippen molar-refractivity contribution >= 4 is 39.4 Å². The van der Waals surface area contributed by atoms with E-state index in [0.717, 1.165) is 22.8 Å². The van der Waals surface area contributed by atoms with Crippen LogP contribution in [0.2, 0.25) is 0 Å². The van der Waals surface area contributed by atoms with Crippen LogP contribution in [0.1, 0.15) is 41.4 Å². The van der Waals surface area contributed by atoms with Gasteiger partial charge in [0.05, 0.1) is 28.6 Å². The van der Waals surface area contributed by atoms with Crippen LogP contribution in [0.3, 0.4) is 0 Å². The summed E-state index contributed by atoms with van der Waals surface area (Å²) in [5, 5.41) is 9.64. The highest BCUT2D eigenvalue weighted by molar-refractivity contribution is 7.89. The molecule has 0 fully saturated rings. The van der Waals surface area contributed by atoms with Gasteiger partial charge in [-0.2, -0.15) is 0 Å². The molecule has 3 amide bonds. The van der Waals surface area contributed by atoms with Gasteiger partial charge < -0.3 is 5.11 Å². The fourth-order valence-corrected chi connectivity index (χ4v) is 3.99. The highest BCUT2D eigenvalue weighted by Crippen LogP contribution is 2.34. The molecule has 3 aromatic rings. The Morgan fingerprint density at radius 1 is 0.848 bits per heavy atom. The summed E-state index contributed by atoms with van der Waals surface area (Å²) >= 11 is 0. The van der Waals surface area contributed by atoms with E-state index in [1.807, 2.05) is 6.07 Å². The van der Waals surface area contributed by atoms with E-state index >= 15 is 0 Å². The number of fused-ring (bicyclic) bond motifs is 1. The minimum absolute atomic E-state index is 0.0302. The molecule has 3 aromatic carbocycles. The fourth-order valence-electron chi connectivity index (χ4n) is 3.54. The maximum atomic E-state index is 13.2. The Labute approximate surface area is 188 Å². The Morgan fingerprint density at radius 3 is 2.15 bits per heavy atom. The summed E-state index contributed by atoms with van der Waals surface area (Å²) in [7, 11) is -3.84. The van der Waals surface area contributed by atoms with Gasteiger partial charge in [0.25, 0.3) is 17.7 Å². The zero-order chi connectivity index (χ0) is 23.9. The van der Waals surface area contributed by atoms with Crippen molar-refractivity contribution < 1.29 is 32.7 Å². The smallest absolute Gasteiger partial charge is 0.337 e. The van der Waals surface area contributed by atoms with Crippen LogP contribution in [-0.4, -0.2) is 43.5 Å². The van der Waals surface area contributed by atoms with Gasteiger partial charge in [-0.15, -0.1) is 0 Å². The van der Waals surface area contributed by atoms with Crippen molar-refractivity contribution in [1.29, 1.82) is 0 Å². The molecule has 2 N–H and O–H groups in total. The summed E-state index contributed by atoms with van der Waals surface area (Å²) in [6.07, 6.45) is 0.807. The molecule has 9 nitrogen and oxygen atoms in total. The number of sulfonamides is 1. The van der Waals surface area contributed by atoms with Gasteiger partial charge in [-0.3, -0.25) is 14.4 Å². The Kier molecular flexibility index (Phi) is 5.30. The number of hydrogen-bond acceptors (Lipinski definition) is 6. The monoisotopic (exact) mass is 464 g/mol. The van der Waals surface area contributed by atoms with Gasteiger partial charge in [0, 0.05) is 5.56 Å². The Balaban J connectivity index is 1.79. The largest absolute Gasteiger partial charge is 0.478 e. The first kappa shape index (κ1) is 21.9. The molecule has 0 spiro atoms. The quantitative estimate of drug-likeness (QED) is 0.554. The second-order valence-corrected chi connectivity index (χ2v) is 9.06. The maximum absolute atomic E-state index is 13.2. The minimum Gasteiger partial charge on any atom is -0.478 e. The predicted molar refractivity (Wildman–Crippen MR) is 119 cm³/mol. The van der Waals surface area contributed by atoms with Crippen molar-refractivity contribution in [3.63, 3.8) is 0 Å². The molecule has 0 aliphatic carbocycles. The molecule has 0 bridgehead atoms. The summed E-state index contributed by atoms with van der Waals surface area (Å²) in [6, 6.07) is 16.9. The number of hydrogen-bond donors (Lipinski definition) is 2. The van der Waals surface area contributed by atoms with Crippen LogP contribution in [0.4, 0.5) is 5.69 Å². The third kappa shape index (κ3) is 4.11. The molecule has 4 rings (SSSR count). The lowest BCUT2D eigenvalue weighted by Gasteiger charge is -2.18. The standard InChI is InChI=1S/C23H16N2O7S/c1-33(31,32)24-20(26)15-8-9-16-18(11-15)22(28)25(21(16)27)19-12-14(7-10-17(19)23(29)30)13-5-3-2-4-6-13/h2-12H,1H3,(H,24,26)(H,29,30). The van der Waals surface area contributed by atoms with Crippen molar-refractivity contribution in [2.45, 2.75) is 0 Å². The third-order valence-electron chi connectivity index (χ3n) is 5.00. The van der Waals surface area contributed by atoms with Crippen molar-refractivity contribution in [2.24, 2.45) is 0 Å². The SMILES string of the molecule is CS(=O)(=O)NC(=O)c1ccc2c(c1)C(=O)N(c1cc(-c3ccccc3)ccc1C(=O)O)C2=O. The lowest BCUT2D eigenvalue weighted by molar-refractivity contribution is 0.0697. The van der Waals surface area contributed by atoms with E-state index in [0.29, 0.717) is 5.56 Å². The third-order valence-corrected chi connectivity index (χ3v) is 5.56. The molecular weight excluding hydrogens is 448 g/mol. The number of carboxylic acids is 1. The Hall–Kier alpha value is -4.31. The molecular formula is C23H16N2O7S. The minimum atomic E-state index is -3.84. The number of amides is 3. The van der Waals surface area contributed by atoms with E-state index in [1.165, 1.54) is 24.3 Å². The lowest BCUT2D eigenvalue weighted by Crippen LogP contribution is -2.31. The Bertz CT molecular complexity index is 1450. The molecule has 10 heteroatoms. The number of nitrogens with zero attached hydrogens (tertiary/aromatic N) is 1. The number of rotatable bonds is 5. The van der Waals surface area contributed by atoms with Gasteiger partial charge in [0.15, 0.2) is 0 Å². The number of benzene rings is 3. The number of carbonyl (C=O) groups is 4. The van der Waals surface area contributed by atoms with Crippen LogP contribution in [0, 0.1) is 0 Å². The average molecular weight is 464 g/mol. The summed E-state index contributed by atoms with van der Waals surface area (Å²) in [6.45, 7) is 0. The molecule has 1 heterocycles. The van der Waals surface area contributed by atoms with Crippen LogP contribution in [0.25, 0.3) is 11.1 Å². The maximum Gasteiger partial charge on any atom is 0.337 e. The first-order valence-electron chi connectivity index (χ1n) is 9.54. The second-order valence-electron chi connectivity index (χ2n) is 7.31. The molecule has 1 aliphatic heterocycles. The number of nitrogens with one attached hydrogen (secondary N) is 1. The molecule has 0 aromatic heterocycles. The zero-order valence-corrected chi connectivity index (χ0v) is 17.9. The highest BCUT2D eigenvalue weighted by atomic mass is 32.2. The second kappa shape index (κ2) is 7.99. The van der Waals surface area contributed by atoms with Crippen molar-refractivity contribution in [3.05, 3.63) is 89.0 Å². The van der Waals surface area contributed by atoms with Crippen molar-refractivity contribution in [1.82, 2.24) is 4.72 Å². The van der Waals surface area contributed by atoms with Crippen LogP contribution in [0.15, 0.2) is 66.7 Å². The van der Waals surface area contributed by atoms with E-state index in [-0.39, 0.29) is 27.9 Å². The number of carbonyl (C=O) groups excluding carboxylic acids is 3. The summed E-state index contributed by atoms with van der Waals surface area (Å²) in [5.74, 6) is -3.86. The number of imide groups is 1. The topological polar surface area (TPSA) is 138 Å². The van der Waals surface area contributed by atoms with Crippen LogP contribution in [-0.2, 0) is 10.0 Å². The van der Waals surface area contributed by atoms with Gasteiger partial charge in [0.2, 0.25) is 10.0 Å². The molecule has 33 heavy (non-hydrogen) atoms. The van der Waals surface area contributed by atoms with Gasteiger partial charge >= 0.3 is 5.97 Å². The number of aromatic carboxylic acids is 1. The Morgan fingerprint density at radius 2 is 1.52 bits per heavy atom. The first-order chi connectivity index (χ1) is 15.6. The molecule has 0 radical (unpaired) electrons. The molecule has 0 saturated heterocycles. The van der Waals surface area contributed by atoms with E-state index in [9.17, 15) is 32.7 Å². The van der Waals surface area contributed by atoms with Crippen LogP contribution < -0.4 is 9.62 Å². The van der Waals surface area contributed by atoms with E-state index in [2.05, 4.69) is 0 Å². The fraction of sp³-hybridized carbons (Fsp3) is 0.0435. The van der Waals surface area contributed by atoms with Gasteiger partial charge in [-0.05, 0) is 41.5 Å². The summed E-state index contributed by atoms with van der Waals surface area (Å²) in [4.78, 5) is 51.0. The summed E-state index contributed by atoms with van der Waals surface area (Å²) < 4.78 is 24.5. The highest BCUT2D eigenvalue weighted by Gasteiger charge is 2.39. The molecule has 0 unspecified atom stereocenters. The van der Waals surface area contributed by atoms with Gasteiger partial charge in [-0.25, -0.2) is 22.8 Å². The predicted octanol–water partition coefficient (Wildman–Crippen LogP) is 2.54. The van der Waals surface area contributed by atoms with E-state index in [1.54, 1.807) is 35.1 Å². The molecule has 0 atom stereocenters. The molecule has 0 saturated carbocycles. The van der Waals surface area contributed by atoms with Crippen molar-refractivity contribution in [2.75, 3.05) is 11.2 Å². The zero-order valence-electron chi connectivity index (χ0n) is 17.1.